The van der Waals surface area contributed by atoms with Crippen LogP contribution in [0.1, 0.15) is 5.56 Å². The average molecular weight is 384 g/mol. The standard InChI is InChI=1S/C17H12N4O3S2/c22-16(10-5-12-3-1-2-4-15(12)21(23)24)19-13-6-8-14(9-7-13)26-17-20-18-11-25-17/h1-11H,(H,19,22)/b10-5+. The topological polar surface area (TPSA) is 98.0 Å². The van der Waals surface area contributed by atoms with Crippen molar-refractivity contribution in [2.45, 2.75) is 9.24 Å². The normalized spacial score (nSPS) is 10.8. The molecule has 0 bridgehead atoms. The number of benzene rings is 2. The lowest BCUT2D eigenvalue weighted by atomic mass is 10.1. The highest BCUT2D eigenvalue weighted by molar-refractivity contribution is 8.01. The van der Waals surface area contributed by atoms with Gasteiger partial charge in [-0.3, -0.25) is 14.9 Å². The van der Waals surface area contributed by atoms with Crippen molar-refractivity contribution >= 4 is 46.5 Å². The van der Waals surface area contributed by atoms with Crippen LogP contribution in [0.25, 0.3) is 6.08 Å². The molecule has 0 atom stereocenters. The first-order valence-corrected chi connectivity index (χ1v) is 9.08. The predicted octanol–water partition coefficient (Wildman–Crippen LogP) is 4.25. The maximum Gasteiger partial charge on any atom is 0.276 e. The highest BCUT2D eigenvalue weighted by atomic mass is 32.2. The molecule has 1 N–H and O–H groups in total. The molecule has 0 saturated heterocycles. The van der Waals surface area contributed by atoms with Crippen molar-refractivity contribution in [3.63, 3.8) is 0 Å². The molecule has 0 fully saturated rings. The zero-order chi connectivity index (χ0) is 18.4. The summed E-state index contributed by atoms with van der Waals surface area (Å²) in [7, 11) is 0. The number of nitro groups is 1. The Morgan fingerprint density at radius 1 is 1.19 bits per heavy atom. The van der Waals surface area contributed by atoms with Gasteiger partial charge in [0.1, 0.15) is 5.51 Å². The van der Waals surface area contributed by atoms with Gasteiger partial charge in [0.25, 0.3) is 5.69 Å². The monoisotopic (exact) mass is 384 g/mol. The van der Waals surface area contributed by atoms with E-state index in [9.17, 15) is 14.9 Å². The number of nitrogens with one attached hydrogen (secondary N) is 1. The van der Waals surface area contributed by atoms with Crippen LogP contribution >= 0.6 is 23.1 Å². The Bertz CT molecular complexity index is 941. The van der Waals surface area contributed by atoms with Gasteiger partial charge in [-0.1, -0.05) is 35.2 Å². The van der Waals surface area contributed by atoms with Crippen molar-refractivity contribution in [1.29, 1.82) is 0 Å². The number of hydrogen-bond acceptors (Lipinski definition) is 7. The van der Waals surface area contributed by atoms with E-state index in [0.717, 1.165) is 9.24 Å². The summed E-state index contributed by atoms with van der Waals surface area (Å²) in [6.45, 7) is 0. The molecular weight excluding hydrogens is 372 g/mol. The number of amides is 1. The van der Waals surface area contributed by atoms with Crippen molar-refractivity contribution < 1.29 is 9.72 Å². The molecule has 0 spiro atoms. The van der Waals surface area contributed by atoms with Crippen molar-refractivity contribution in [3.05, 3.63) is 75.8 Å². The molecule has 3 aromatic rings. The zero-order valence-corrected chi connectivity index (χ0v) is 14.9. The van der Waals surface area contributed by atoms with Crippen molar-refractivity contribution in [1.82, 2.24) is 10.2 Å². The molecular formula is C17H12N4O3S2. The van der Waals surface area contributed by atoms with E-state index in [2.05, 4.69) is 15.5 Å². The molecule has 1 heterocycles. The molecule has 0 radical (unpaired) electrons. The first kappa shape index (κ1) is 17.8. The Kier molecular flexibility index (Phi) is 5.72. The number of aromatic nitrogens is 2. The van der Waals surface area contributed by atoms with Gasteiger partial charge in [-0.25, -0.2) is 0 Å². The van der Waals surface area contributed by atoms with Gasteiger partial charge in [-0.05, 0) is 36.4 Å². The number of hydrogen-bond donors (Lipinski definition) is 1. The van der Waals surface area contributed by atoms with E-state index in [4.69, 9.17) is 0 Å². The third-order valence-corrected chi connectivity index (χ3v) is 5.00. The molecule has 0 aliphatic rings. The van der Waals surface area contributed by atoms with Gasteiger partial charge in [-0.15, -0.1) is 10.2 Å². The van der Waals surface area contributed by atoms with Gasteiger partial charge < -0.3 is 5.32 Å². The predicted molar refractivity (Wildman–Crippen MR) is 101 cm³/mol. The minimum absolute atomic E-state index is 0.0467. The minimum atomic E-state index is -0.480. The van der Waals surface area contributed by atoms with E-state index in [1.54, 1.807) is 35.8 Å². The molecule has 7 nitrogen and oxygen atoms in total. The highest BCUT2D eigenvalue weighted by Gasteiger charge is 2.09. The third kappa shape index (κ3) is 4.74. The molecule has 0 unspecified atom stereocenters. The smallest absolute Gasteiger partial charge is 0.276 e. The number of anilines is 1. The summed E-state index contributed by atoms with van der Waals surface area (Å²) in [6, 6.07) is 13.5. The van der Waals surface area contributed by atoms with Gasteiger partial charge in [-0.2, -0.15) is 0 Å². The number of nitrogens with zero attached hydrogens (tertiary/aromatic N) is 3. The maximum atomic E-state index is 12.0. The molecule has 9 heteroatoms. The fourth-order valence-corrected chi connectivity index (χ4v) is 3.51. The van der Waals surface area contributed by atoms with E-state index in [1.807, 2.05) is 12.1 Å². The third-order valence-electron chi connectivity index (χ3n) is 3.21. The second-order valence-corrected chi connectivity index (χ2v) is 7.12. The second-order valence-electron chi connectivity index (χ2n) is 4.97. The van der Waals surface area contributed by atoms with Crippen LogP contribution in [0.3, 0.4) is 0 Å². The maximum absolute atomic E-state index is 12.0. The van der Waals surface area contributed by atoms with Crippen LogP contribution in [0.5, 0.6) is 0 Å². The molecule has 1 aromatic heterocycles. The molecule has 26 heavy (non-hydrogen) atoms. The van der Waals surface area contributed by atoms with E-state index >= 15 is 0 Å². The Labute approximate surface area is 156 Å². The first-order chi connectivity index (χ1) is 12.6. The Hall–Kier alpha value is -3.04. The highest BCUT2D eigenvalue weighted by Crippen LogP contribution is 2.29. The van der Waals surface area contributed by atoms with Crippen LogP contribution in [-0.4, -0.2) is 21.0 Å². The summed E-state index contributed by atoms with van der Waals surface area (Å²) in [5.74, 6) is -0.368. The summed E-state index contributed by atoms with van der Waals surface area (Å²) in [4.78, 5) is 23.5. The number of rotatable bonds is 6. The summed E-state index contributed by atoms with van der Waals surface area (Å²) in [6.07, 6.45) is 2.69. The Balaban J connectivity index is 1.62. The lowest BCUT2D eigenvalue weighted by molar-refractivity contribution is -0.385. The quantitative estimate of drug-likeness (QED) is 0.388. The van der Waals surface area contributed by atoms with Gasteiger partial charge in [0, 0.05) is 22.7 Å². The summed E-state index contributed by atoms with van der Waals surface area (Å²) in [5.41, 5.74) is 2.62. The van der Waals surface area contributed by atoms with E-state index in [-0.39, 0.29) is 11.6 Å². The SMILES string of the molecule is O=C(/C=C/c1ccccc1[N+](=O)[O-])Nc1ccc(Sc2nncs2)cc1. The lowest BCUT2D eigenvalue weighted by Gasteiger charge is -2.03. The second kappa shape index (κ2) is 8.37. The number of para-hydroxylation sites is 1. The Morgan fingerprint density at radius 3 is 2.65 bits per heavy atom. The molecule has 130 valence electrons. The fourth-order valence-electron chi connectivity index (χ4n) is 2.06. The Morgan fingerprint density at radius 2 is 1.96 bits per heavy atom. The molecule has 2 aromatic carbocycles. The van der Waals surface area contributed by atoms with Crippen LogP contribution in [0, 0.1) is 10.1 Å². The first-order valence-electron chi connectivity index (χ1n) is 7.38. The van der Waals surface area contributed by atoms with Crippen molar-refractivity contribution in [3.8, 4) is 0 Å². The van der Waals surface area contributed by atoms with Crippen LogP contribution in [0.4, 0.5) is 11.4 Å². The van der Waals surface area contributed by atoms with Gasteiger partial charge in [0.2, 0.25) is 5.91 Å². The average Bonchev–Trinajstić information content (AvgIpc) is 3.15. The van der Waals surface area contributed by atoms with Crippen molar-refractivity contribution in [2.24, 2.45) is 0 Å². The summed E-state index contributed by atoms with van der Waals surface area (Å²) < 4.78 is 0.842. The van der Waals surface area contributed by atoms with E-state index < -0.39 is 4.92 Å². The molecule has 3 rings (SSSR count). The van der Waals surface area contributed by atoms with Crippen LogP contribution in [-0.2, 0) is 4.79 Å². The number of carbonyl (C=O) groups excluding carboxylic acids is 1. The zero-order valence-electron chi connectivity index (χ0n) is 13.2. The van der Waals surface area contributed by atoms with Crippen LogP contribution < -0.4 is 5.32 Å². The van der Waals surface area contributed by atoms with Crippen molar-refractivity contribution in [2.75, 3.05) is 5.32 Å². The van der Waals surface area contributed by atoms with Gasteiger partial charge >= 0.3 is 0 Å². The van der Waals surface area contributed by atoms with Crippen LogP contribution in [0.2, 0.25) is 0 Å². The molecule has 0 aliphatic carbocycles. The van der Waals surface area contributed by atoms with Gasteiger partial charge in [0.05, 0.1) is 10.5 Å². The summed E-state index contributed by atoms with van der Waals surface area (Å²) in [5, 5.41) is 21.4. The van der Waals surface area contributed by atoms with E-state index in [0.29, 0.717) is 11.3 Å². The largest absolute Gasteiger partial charge is 0.323 e. The molecule has 0 saturated carbocycles. The van der Waals surface area contributed by atoms with E-state index in [1.165, 1.54) is 41.3 Å². The number of carbonyl (C=O) groups is 1. The van der Waals surface area contributed by atoms with Gasteiger partial charge in [0.15, 0.2) is 4.34 Å². The van der Waals surface area contributed by atoms with Crippen LogP contribution in [0.15, 0.2) is 69.4 Å². The number of nitro benzene ring substituents is 1. The summed E-state index contributed by atoms with van der Waals surface area (Å²) >= 11 is 2.94. The minimum Gasteiger partial charge on any atom is -0.323 e. The molecule has 0 aliphatic heterocycles. The fraction of sp³-hybridized carbons (Fsp3) is 0. The molecule has 1 amide bonds. The lowest BCUT2D eigenvalue weighted by Crippen LogP contribution is -2.07.